The number of nitrogens with one attached hydrogen (secondary N) is 1. The lowest BCUT2D eigenvalue weighted by molar-refractivity contribution is -0.116. The standard InChI is InChI=1S/C19H22ClF2N3O3S/c1-9(2)28-19(27)14-11-6-4-5-7-12(11)29-18(14)23-13(26)8-25-10(3)15(20)16(24-25)17(21)22/h9,17H,4-8H2,1-3H3,(H,23,26). The molecule has 1 aliphatic carbocycles. The number of hydrogen-bond donors (Lipinski definition) is 1. The van der Waals surface area contributed by atoms with Crippen LogP contribution in [0, 0.1) is 6.92 Å². The average molecular weight is 446 g/mol. The quantitative estimate of drug-likeness (QED) is 0.640. The molecule has 0 saturated carbocycles. The lowest BCUT2D eigenvalue weighted by Gasteiger charge is -2.14. The van der Waals surface area contributed by atoms with Gasteiger partial charge in [-0.25, -0.2) is 13.6 Å². The molecule has 0 unspecified atom stereocenters. The molecule has 2 aromatic rings. The molecule has 158 valence electrons. The molecule has 6 nitrogen and oxygen atoms in total. The zero-order valence-corrected chi connectivity index (χ0v) is 17.9. The van der Waals surface area contributed by atoms with Crippen LogP contribution in [0.3, 0.4) is 0 Å². The fourth-order valence-electron chi connectivity index (χ4n) is 3.29. The van der Waals surface area contributed by atoms with Crippen LogP contribution in [0.25, 0.3) is 0 Å². The molecule has 0 aliphatic heterocycles. The zero-order chi connectivity index (χ0) is 21.3. The van der Waals surface area contributed by atoms with E-state index in [0.29, 0.717) is 10.6 Å². The van der Waals surface area contributed by atoms with E-state index in [1.54, 1.807) is 13.8 Å². The van der Waals surface area contributed by atoms with Crippen molar-refractivity contribution < 1.29 is 23.1 Å². The van der Waals surface area contributed by atoms with E-state index in [2.05, 4.69) is 10.4 Å². The fraction of sp³-hybridized carbons (Fsp3) is 0.526. The van der Waals surface area contributed by atoms with E-state index >= 15 is 0 Å². The molecule has 0 radical (unpaired) electrons. The fourth-order valence-corrected chi connectivity index (χ4v) is 4.80. The van der Waals surface area contributed by atoms with Gasteiger partial charge in [-0.1, -0.05) is 11.6 Å². The second-order valence-electron chi connectivity index (χ2n) is 7.16. The van der Waals surface area contributed by atoms with Gasteiger partial charge in [0.15, 0.2) is 0 Å². The van der Waals surface area contributed by atoms with Crippen molar-refractivity contribution in [1.82, 2.24) is 9.78 Å². The Morgan fingerprint density at radius 1 is 1.31 bits per heavy atom. The summed E-state index contributed by atoms with van der Waals surface area (Å²) in [6.07, 6.45) is 0.500. The minimum Gasteiger partial charge on any atom is -0.459 e. The maximum Gasteiger partial charge on any atom is 0.341 e. The van der Waals surface area contributed by atoms with Crippen molar-refractivity contribution in [2.45, 2.75) is 65.5 Å². The Kier molecular flexibility index (Phi) is 6.58. The first kappa shape index (κ1) is 21.7. The van der Waals surface area contributed by atoms with Crippen LogP contribution in [0.1, 0.15) is 65.3 Å². The molecule has 1 N–H and O–H groups in total. The van der Waals surface area contributed by atoms with Crippen LogP contribution >= 0.6 is 22.9 Å². The Hall–Kier alpha value is -2.00. The third-order valence-electron chi connectivity index (χ3n) is 4.63. The second kappa shape index (κ2) is 8.79. The van der Waals surface area contributed by atoms with Gasteiger partial charge in [0.05, 0.1) is 22.4 Å². The van der Waals surface area contributed by atoms with E-state index in [-0.39, 0.29) is 23.4 Å². The Morgan fingerprint density at radius 3 is 2.62 bits per heavy atom. The lowest BCUT2D eigenvalue weighted by Crippen LogP contribution is -2.22. The molecule has 1 aliphatic rings. The maximum atomic E-state index is 13.0. The van der Waals surface area contributed by atoms with Gasteiger partial charge in [-0.3, -0.25) is 9.48 Å². The first-order valence-electron chi connectivity index (χ1n) is 9.35. The van der Waals surface area contributed by atoms with Crippen molar-refractivity contribution in [2.75, 3.05) is 5.32 Å². The van der Waals surface area contributed by atoms with Crippen LogP contribution in [0.15, 0.2) is 0 Å². The molecule has 0 saturated heterocycles. The van der Waals surface area contributed by atoms with Gasteiger partial charge in [0.1, 0.15) is 17.2 Å². The van der Waals surface area contributed by atoms with Gasteiger partial charge in [0, 0.05) is 4.88 Å². The highest BCUT2D eigenvalue weighted by Crippen LogP contribution is 2.39. The molecule has 0 atom stereocenters. The number of carbonyl (C=O) groups is 2. The summed E-state index contributed by atoms with van der Waals surface area (Å²) < 4.78 is 32.4. The highest BCUT2D eigenvalue weighted by molar-refractivity contribution is 7.17. The van der Waals surface area contributed by atoms with Gasteiger partial charge in [0.25, 0.3) is 6.43 Å². The number of nitrogens with zero attached hydrogens (tertiary/aromatic N) is 2. The molecule has 10 heteroatoms. The van der Waals surface area contributed by atoms with Crippen molar-refractivity contribution in [3.63, 3.8) is 0 Å². The zero-order valence-electron chi connectivity index (χ0n) is 16.4. The highest BCUT2D eigenvalue weighted by Gasteiger charge is 2.28. The summed E-state index contributed by atoms with van der Waals surface area (Å²) in [5.74, 6) is -0.946. The molecule has 2 heterocycles. The third-order valence-corrected chi connectivity index (χ3v) is 6.30. The maximum absolute atomic E-state index is 13.0. The summed E-state index contributed by atoms with van der Waals surface area (Å²) in [7, 11) is 0. The number of alkyl halides is 2. The van der Waals surface area contributed by atoms with Crippen LogP contribution in [0.5, 0.6) is 0 Å². The van der Waals surface area contributed by atoms with Crippen LogP contribution < -0.4 is 5.32 Å². The summed E-state index contributed by atoms with van der Waals surface area (Å²) in [5.41, 5.74) is 1.06. The molecule has 29 heavy (non-hydrogen) atoms. The number of aromatic nitrogens is 2. The molecule has 0 bridgehead atoms. The number of aryl methyl sites for hydroxylation is 1. The Morgan fingerprint density at radius 2 is 2.00 bits per heavy atom. The van der Waals surface area contributed by atoms with E-state index < -0.39 is 24.0 Å². The van der Waals surface area contributed by atoms with Crippen molar-refractivity contribution in [3.05, 3.63) is 32.4 Å². The largest absolute Gasteiger partial charge is 0.459 e. The van der Waals surface area contributed by atoms with Crippen LogP contribution in [-0.2, 0) is 28.9 Å². The molecule has 1 amide bonds. The normalized spacial score (nSPS) is 13.7. The summed E-state index contributed by atoms with van der Waals surface area (Å²) in [4.78, 5) is 26.3. The number of amides is 1. The monoisotopic (exact) mass is 445 g/mol. The number of carbonyl (C=O) groups excluding carboxylic acids is 2. The van der Waals surface area contributed by atoms with E-state index in [9.17, 15) is 18.4 Å². The first-order chi connectivity index (χ1) is 13.7. The summed E-state index contributed by atoms with van der Waals surface area (Å²) in [5, 5.41) is 6.76. The predicted octanol–water partition coefficient (Wildman–Crippen LogP) is 4.93. The number of thiophene rings is 1. The number of esters is 1. The average Bonchev–Trinajstić information content (AvgIpc) is 3.13. The number of halogens is 3. The highest BCUT2D eigenvalue weighted by atomic mass is 35.5. The number of fused-ring (bicyclic) bond motifs is 1. The molecule has 0 fully saturated rings. The summed E-state index contributed by atoms with van der Waals surface area (Å²) in [6, 6.07) is 0. The topological polar surface area (TPSA) is 73.2 Å². The van der Waals surface area contributed by atoms with Gasteiger partial charge in [-0.2, -0.15) is 5.10 Å². The SMILES string of the molecule is Cc1c(Cl)c(C(F)F)nn1CC(=O)Nc1sc2c(c1C(=O)OC(C)C)CCCC2. The van der Waals surface area contributed by atoms with E-state index in [1.807, 2.05) is 0 Å². The Labute approximate surface area is 176 Å². The van der Waals surface area contributed by atoms with E-state index in [0.717, 1.165) is 40.8 Å². The van der Waals surface area contributed by atoms with Crippen LogP contribution in [0.4, 0.5) is 13.8 Å². The van der Waals surface area contributed by atoms with Crippen molar-refractivity contribution >= 4 is 39.8 Å². The number of anilines is 1. The minimum absolute atomic E-state index is 0.152. The van der Waals surface area contributed by atoms with Crippen molar-refractivity contribution in [1.29, 1.82) is 0 Å². The molecule has 2 aromatic heterocycles. The van der Waals surface area contributed by atoms with Crippen molar-refractivity contribution in [3.8, 4) is 0 Å². The number of ether oxygens (including phenoxy) is 1. The summed E-state index contributed by atoms with van der Waals surface area (Å²) >= 11 is 7.25. The van der Waals surface area contributed by atoms with E-state index in [1.165, 1.54) is 18.3 Å². The van der Waals surface area contributed by atoms with Crippen molar-refractivity contribution in [2.24, 2.45) is 0 Å². The Bertz CT molecular complexity index is 940. The minimum atomic E-state index is -2.83. The van der Waals surface area contributed by atoms with Gasteiger partial charge in [0.2, 0.25) is 5.91 Å². The molecule has 0 aromatic carbocycles. The Balaban J connectivity index is 1.84. The molecule has 3 rings (SSSR count). The van der Waals surface area contributed by atoms with E-state index in [4.69, 9.17) is 16.3 Å². The molecular weight excluding hydrogens is 424 g/mol. The molecule has 0 spiro atoms. The third kappa shape index (κ3) is 4.61. The van der Waals surface area contributed by atoms with Gasteiger partial charge in [-0.05, 0) is 52.0 Å². The van der Waals surface area contributed by atoms with Gasteiger partial charge >= 0.3 is 5.97 Å². The van der Waals surface area contributed by atoms with Crippen LogP contribution in [0.2, 0.25) is 5.02 Å². The van der Waals surface area contributed by atoms with Gasteiger partial charge in [-0.15, -0.1) is 11.3 Å². The predicted molar refractivity (Wildman–Crippen MR) is 107 cm³/mol. The van der Waals surface area contributed by atoms with Gasteiger partial charge < -0.3 is 10.1 Å². The molecular formula is C19H22ClF2N3O3S. The lowest BCUT2D eigenvalue weighted by atomic mass is 9.95. The van der Waals surface area contributed by atoms with Crippen LogP contribution in [-0.4, -0.2) is 27.8 Å². The second-order valence-corrected chi connectivity index (χ2v) is 8.64. The number of rotatable bonds is 6. The smallest absolute Gasteiger partial charge is 0.341 e. The summed E-state index contributed by atoms with van der Waals surface area (Å²) in [6.45, 7) is 4.75. The number of hydrogen-bond acceptors (Lipinski definition) is 5. The first-order valence-corrected chi connectivity index (χ1v) is 10.5.